The zero-order valence-corrected chi connectivity index (χ0v) is 9.06. The molecule has 16 heavy (non-hydrogen) atoms. The Balaban J connectivity index is 2.85. The van der Waals surface area contributed by atoms with Crippen molar-refractivity contribution in [3.8, 4) is 5.75 Å². The van der Waals surface area contributed by atoms with E-state index in [-0.39, 0.29) is 11.3 Å². The summed E-state index contributed by atoms with van der Waals surface area (Å²) in [6, 6.07) is 4.53. The molecule has 1 unspecified atom stereocenters. The Kier molecular flexibility index (Phi) is 3.50. The average Bonchev–Trinajstić information content (AvgIpc) is 2.16. The molecule has 86 valence electrons. The van der Waals surface area contributed by atoms with Crippen molar-refractivity contribution in [2.45, 2.75) is 20.0 Å². The number of carbonyl (C=O) groups is 2. The molecule has 3 N–H and O–H groups in total. The van der Waals surface area contributed by atoms with Gasteiger partial charge in [0.2, 0.25) is 0 Å². The lowest BCUT2D eigenvalue weighted by molar-refractivity contribution is -0.125. The maximum Gasteiger partial charge on any atom is 0.342 e. The van der Waals surface area contributed by atoms with Crippen molar-refractivity contribution in [3.05, 3.63) is 29.3 Å². The number of amides is 1. The Morgan fingerprint density at radius 3 is 2.56 bits per heavy atom. The topological polar surface area (TPSA) is 89.6 Å². The smallest absolute Gasteiger partial charge is 0.342 e. The second-order valence-electron chi connectivity index (χ2n) is 3.47. The summed E-state index contributed by atoms with van der Waals surface area (Å²) in [7, 11) is 0. The van der Waals surface area contributed by atoms with Crippen LogP contribution in [0.2, 0.25) is 0 Å². The molecule has 1 amide bonds. The van der Waals surface area contributed by atoms with Crippen LogP contribution < -0.4 is 5.73 Å². The zero-order valence-electron chi connectivity index (χ0n) is 9.06. The van der Waals surface area contributed by atoms with E-state index in [1.165, 1.54) is 19.1 Å². The van der Waals surface area contributed by atoms with Gasteiger partial charge >= 0.3 is 5.97 Å². The number of phenols is 1. The second kappa shape index (κ2) is 4.65. The molecule has 1 aromatic rings. The summed E-state index contributed by atoms with van der Waals surface area (Å²) in [4.78, 5) is 22.2. The molecule has 0 spiro atoms. The van der Waals surface area contributed by atoms with Gasteiger partial charge in [0, 0.05) is 0 Å². The number of carbonyl (C=O) groups excluding carboxylic acids is 2. The molecular formula is C11H13NO4. The van der Waals surface area contributed by atoms with E-state index in [2.05, 4.69) is 0 Å². The highest BCUT2D eigenvalue weighted by Gasteiger charge is 2.18. The first-order chi connectivity index (χ1) is 7.41. The van der Waals surface area contributed by atoms with Crippen molar-refractivity contribution in [2.75, 3.05) is 0 Å². The molecule has 0 saturated carbocycles. The van der Waals surface area contributed by atoms with E-state index in [0.717, 1.165) is 5.56 Å². The molecule has 5 nitrogen and oxygen atoms in total. The van der Waals surface area contributed by atoms with Crippen LogP contribution in [0.25, 0.3) is 0 Å². The SMILES string of the molecule is Cc1ccc(C(=O)OC(C)C(N)=O)c(O)c1. The van der Waals surface area contributed by atoms with Crippen LogP contribution in [0, 0.1) is 6.92 Å². The van der Waals surface area contributed by atoms with Gasteiger partial charge in [-0.25, -0.2) is 4.79 Å². The number of aromatic hydroxyl groups is 1. The van der Waals surface area contributed by atoms with Gasteiger partial charge < -0.3 is 15.6 Å². The summed E-state index contributed by atoms with van der Waals surface area (Å²) >= 11 is 0. The fourth-order valence-electron chi connectivity index (χ4n) is 1.10. The van der Waals surface area contributed by atoms with Crippen molar-refractivity contribution in [1.29, 1.82) is 0 Å². The van der Waals surface area contributed by atoms with Gasteiger partial charge in [0.1, 0.15) is 11.3 Å². The number of hydrogen-bond donors (Lipinski definition) is 2. The van der Waals surface area contributed by atoms with Crippen LogP contribution in [0.5, 0.6) is 5.75 Å². The molecule has 1 aromatic carbocycles. The Bertz CT molecular complexity index is 428. The predicted molar refractivity (Wildman–Crippen MR) is 56.9 cm³/mol. The fraction of sp³-hybridized carbons (Fsp3) is 0.273. The van der Waals surface area contributed by atoms with Crippen molar-refractivity contribution in [2.24, 2.45) is 5.73 Å². The van der Waals surface area contributed by atoms with E-state index in [0.29, 0.717) is 0 Å². The minimum Gasteiger partial charge on any atom is -0.507 e. The van der Waals surface area contributed by atoms with Crippen LogP contribution in [0.15, 0.2) is 18.2 Å². The average molecular weight is 223 g/mol. The van der Waals surface area contributed by atoms with Crippen LogP contribution in [-0.2, 0) is 9.53 Å². The number of benzene rings is 1. The molecule has 0 saturated heterocycles. The first-order valence-corrected chi connectivity index (χ1v) is 4.71. The van der Waals surface area contributed by atoms with E-state index in [4.69, 9.17) is 10.5 Å². The van der Waals surface area contributed by atoms with Crippen LogP contribution in [0.3, 0.4) is 0 Å². The molecule has 0 aliphatic rings. The van der Waals surface area contributed by atoms with E-state index < -0.39 is 18.0 Å². The third-order valence-corrected chi connectivity index (χ3v) is 2.06. The van der Waals surface area contributed by atoms with E-state index in [1.807, 2.05) is 0 Å². The monoisotopic (exact) mass is 223 g/mol. The maximum atomic E-state index is 11.5. The summed E-state index contributed by atoms with van der Waals surface area (Å²) in [5, 5.41) is 9.50. The number of hydrogen-bond acceptors (Lipinski definition) is 4. The maximum absolute atomic E-state index is 11.5. The molecule has 0 radical (unpaired) electrons. The molecule has 5 heteroatoms. The lowest BCUT2D eigenvalue weighted by atomic mass is 10.1. The molecule has 0 aliphatic carbocycles. The highest BCUT2D eigenvalue weighted by molar-refractivity contribution is 5.94. The fourth-order valence-corrected chi connectivity index (χ4v) is 1.10. The molecular weight excluding hydrogens is 210 g/mol. The Morgan fingerprint density at radius 2 is 2.06 bits per heavy atom. The van der Waals surface area contributed by atoms with Gasteiger partial charge in [-0.15, -0.1) is 0 Å². The van der Waals surface area contributed by atoms with E-state index >= 15 is 0 Å². The normalized spacial score (nSPS) is 11.9. The first kappa shape index (κ1) is 12.0. The summed E-state index contributed by atoms with van der Waals surface area (Å²) in [6.45, 7) is 3.15. The van der Waals surface area contributed by atoms with Crippen LogP contribution in [-0.4, -0.2) is 23.1 Å². The number of aryl methyl sites for hydroxylation is 1. The summed E-state index contributed by atoms with van der Waals surface area (Å²) < 4.78 is 4.75. The van der Waals surface area contributed by atoms with Gasteiger partial charge in [0.25, 0.3) is 5.91 Å². The summed E-state index contributed by atoms with van der Waals surface area (Å²) in [6.07, 6.45) is -1.02. The van der Waals surface area contributed by atoms with E-state index in [9.17, 15) is 14.7 Å². The Morgan fingerprint density at radius 1 is 1.44 bits per heavy atom. The lowest BCUT2D eigenvalue weighted by Gasteiger charge is -2.10. The standard InChI is InChI=1S/C11H13NO4/c1-6-3-4-8(9(13)5-6)11(15)16-7(2)10(12)14/h3-5,7,13H,1-2H3,(H2,12,14). The summed E-state index contributed by atoms with van der Waals surface area (Å²) in [5.41, 5.74) is 5.78. The van der Waals surface area contributed by atoms with Crippen molar-refractivity contribution >= 4 is 11.9 Å². The van der Waals surface area contributed by atoms with Crippen LogP contribution in [0.4, 0.5) is 0 Å². The van der Waals surface area contributed by atoms with Gasteiger partial charge in [0.05, 0.1) is 0 Å². The molecule has 0 heterocycles. The Hall–Kier alpha value is -2.04. The van der Waals surface area contributed by atoms with Gasteiger partial charge in [0.15, 0.2) is 6.10 Å². The number of primary amides is 1. The highest BCUT2D eigenvalue weighted by atomic mass is 16.5. The van der Waals surface area contributed by atoms with Crippen LogP contribution in [0.1, 0.15) is 22.8 Å². The number of esters is 1. The minimum atomic E-state index is -1.02. The molecule has 1 atom stereocenters. The third-order valence-electron chi connectivity index (χ3n) is 2.06. The predicted octanol–water partition coefficient (Wildman–Crippen LogP) is 0.731. The molecule has 0 aromatic heterocycles. The van der Waals surface area contributed by atoms with Crippen molar-refractivity contribution < 1.29 is 19.4 Å². The lowest BCUT2D eigenvalue weighted by Crippen LogP contribution is -2.30. The molecule has 0 bridgehead atoms. The van der Waals surface area contributed by atoms with Crippen molar-refractivity contribution in [1.82, 2.24) is 0 Å². The first-order valence-electron chi connectivity index (χ1n) is 4.71. The third kappa shape index (κ3) is 2.73. The number of rotatable bonds is 3. The minimum absolute atomic E-state index is 0.0127. The quantitative estimate of drug-likeness (QED) is 0.739. The highest BCUT2D eigenvalue weighted by Crippen LogP contribution is 2.19. The molecule has 0 fully saturated rings. The molecule has 1 rings (SSSR count). The largest absolute Gasteiger partial charge is 0.507 e. The van der Waals surface area contributed by atoms with Gasteiger partial charge in [-0.3, -0.25) is 4.79 Å². The van der Waals surface area contributed by atoms with E-state index in [1.54, 1.807) is 13.0 Å². The zero-order chi connectivity index (χ0) is 12.3. The number of nitrogens with two attached hydrogens (primary N) is 1. The number of ether oxygens (including phenoxy) is 1. The van der Waals surface area contributed by atoms with Crippen LogP contribution >= 0.6 is 0 Å². The molecule has 0 aliphatic heterocycles. The second-order valence-corrected chi connectivity index (χ2v) is 3.47. The van der Waals surface area contributed by atoms with Gasteiger partial charge in [-0.1, -0.05) is 6.07 Å². The van der Waals surface area contributed by atoms with Gasteiger partial charge in [-0.05, 0) is 31.5 Å². The number of phenolic OH excluding ortho intramolecular Hbond substituents is 1. The van der Waals surface area contributed by atoms with Crippen molar-refractivity contribution in [3.63, 3.8) is 0 Å². The van der Waals surface area contributed by atoms with Gasteiger partial charge in [-0.2, -0.15) is 0 Å². The summed E-state index contributed by atoms with van der Waals surface area (Å²) in [5.74, 6) is -1.69. The Labute approximate surface area is 92.8 Å².